The maximum Gasteiger partial charge on any atom is 0.269 e. The summed E-state index contributed by atoms with van der Waals surface area (Å²) in [6.45, 7) is 12.7. The highest BCUT2D eigenvalue weighted by Gasteiger charge is 2.25. The zero-order chi connectivity index (χ0) is 19.7. The number of non-ortho nitro benzene ring substituents is 1. The second-order valence-corrected chi connectivity index (χ2v) is 8.64. The fraction of sp³-hybridized carbons (Fsp3) is 0.364. The van der Waals surface area contributed by atoms with Crippen molar-refractivity contribution in [2.24, 2.45) is 0 Å². The van der Waals surface area contributed by atoms with Gasteiger partial charge in [0, 0.05) is 12.1 Å². The van der Waals surface area contributed by atoms with Gasteiger partial charge in [-0.1, -0.05) is 53.7 Å². The first-order valence-electron chi connectivity index (χ1n) is 8.70. The van der Waals surface area contributed by atoms with Crippen molar-refractivity contribution in [1.29, 1.82) is 0 Å². The van der Waals surface area contributed by atoms with Crippen LogP contribution in [0.4, 0.5) is 5.69 Å². The number of nitro benzene ring substituents is 1. The van der Waals surface area contributed by atoms with E-state index in [9.17, 15) is 15.2 Å². The van der Waals surface area contributed by atoms with Crippen molar-refractivity contribution >= 4 is 17.8 Å². The minimum atomic E-state index is -0.400. The molecule has 0 aliphatic carbocycles. The molecule has 0 radical (unpaired) electrons. The topological polar surface area (TPSA) is 63.4 Å². The molecule has 1 N–H and O–H groups in total. The molecule has 138 valence electrons. The van der Waals surface area contributed by atoms with Crippen LogP contribution in [-0.4, -0.2) is 10.0 Å². The van der Waals surface area contributed by atoms with Crippen LogP contribution in [0.3, 0.4) is 0 Å². The monoisotopic (exact) mass is 353 g/mol. The molecule has 0 aliphatic rings. The summed E-state index contributed by atoms with van der Waals surface area (Å²) in [6.07, 6.45) is 4.00. The minimum absolute atomic E-state index is 0.0811. The summed E-state index contributed by atoms with van der Waals surface area (Å²) in [5, 5.41) is 21.0. The molecule has 0 unspecified atom stereocenters. The minimum Gasteiger partial charge on any atom is -0.508 e. The Morgan fingerprint density at radius 2 is 1.35 bits per heavy atom. The van der Waals surface area contributed by atoms with Crippen LogP contribution in [0.2, 0.25) is 0 Å². The van der Waals surface area contributed by atoms with Crippen LogP contribution < -0.4 is 0 Å². The van der Waals surface area contributed by atoms with Gasteiger partial charge in [0.1, 0.15) is 5.75 Å². The van der Waals surface area contributed by atoms with Gasteiger partial charge in [0.25, 0.3) is 5.69 Å². The van der Waals surface area contributed by atoms with E-state index in [1.807, 2.05) is 24.3 Å². The second-order valence-electron chi connectivity index (χ2n) is 8.64. The van der Waals surface area contributed by atoms with Crippen LogP contribution in [-0.2, 0) is 10.8 Å². The number of nitrogens with zero attached hydrogens (tertiary/aromatic N) is 1. The fourth-order valence-electron chi connectivity index (χ4n) is 2.95. The number of phenolic OH excluding ortho intramolecular Hbond substituents is 1. The number of hydrogen-bond acceptors (Lipinski definition) is 3. The summed E-state index contributed by atoms with van der Waals surface area (Å²) in [4.78, 5) is 10.4. The number of aromatic hydroxyl groups is 1. The highest BCUT2D eigenvalue weighted by molar-refractivity contribution is 5.75. The lowest BCUT2D eigenvalue weighted by Crippen LogP contribution is -2.19. The fourth-order valence-corrected chi connectivity index (χ4v) is 2.95. The number of nitro groups is 1. The molecule has 2 aromatic carbocycles. The largest absolute Gasteiger partial charge is 0.508 e. The third kappa shape index (κ3) is 4.51. The quantitative estimate of drug-likeness (QED) is 0.414. The van der Waals surface area contributed by atoms with Gasteiger partial charge in [-0.2, -0.15) is 0 Å². The van der Waals surface area contributed by atoms with E-state index in [0.29, 0.717) is 0 Å². The molecule has 0 spiro atoms. The van der Waals surface area contributed by atoms with E-state index in [-0.39, 0.29) is 22.3 Å². The Labute approximate surface area is 155 Å². The summed E-state index contributed by atoms with van der Waals surface area (Å²) < 4.78 is 0. The molecule has 0 saturated carbocycles. The Balaban J connectivity index is 2.58. The van der Waals surface area contributed by atoms with Crippen LogP contribution >= 0.6 is 0 Å². The molecule has 2 rings (SSSR count). The molecule has 0 aliphatic heterocycles. The van der Waals surface area contributed by atoms with E-state index in [1.54, 1.807) is 12.1 Å². The highest BCUT2D eigenvalue weighted by atomic mass is 16.6. The van der Waals surface area contributed by atoms with Crippen molar-refractivity contribution in [2.45, 2.75) is 52.4 Å². The molecule has 0 amide bonds. The first-order valence-corrected chi connectivity index (χ1v) is 8.70. The molecular formula is C22H27NO3. The number of phenols is 1. The van der Waals surface area contributed by atoms with Crippen LogP contribution in [0.1, 0.15) is 63.8 Å². The standard InChI is InChI=1S/C22H27NO3/c1-21(2,3)19-13-17(24)14-20(22(4,5)6)18(19)12-9-15-7-10-16(11-8-15)23(25)26/h7-14,24H,1-6H3. The van der Waals surface area contributed by atoms with Gasteiger partial charge in [-0.25, -0.2) is 0 Å². The first-order chi connectivity index (χ1) is 11.9. The molecule has 0 fully saturated rings. The Kier molecular flexibility index (Phi) is 5.26. The summed E-state index contributed by atoms with van der Waals surface area (Å²) >= 11 is 0. The predicted molar refractivity (Wildman–Crippen MR) is 108 cm³/mol. The Bertz CT molecular complexity index is 800. The molecular weight excluding hydrogens is 326 g/mol. The lowest BCUT2D eigenvalue weighted by atomic mass is 9.76. The molecule has 2 aromatic rings. The zero-order valence-corrected chi connectivity index (χ0v) is 16.3. The Morgan fingerprint density at radius 3 is 1.73 bits per heavy atom. The lowest BCUT2D eigenvalue weighted by molar-refractivity contribution is -0.384. The summed E-state index contributed by atoms with van der Waals surface area (Å²) in [6, 6.07) is 10.1. The molecule has 0 bridgehead atoms. The molecule has 0 aromatic heterocycles. The van der Waals surface area contributed by atoms with E-state index in [1.165, 1.54) is 12.1 Å². The van der Waals surface area contributed by atoms with E-state index >= 15 is 0 Å². The average molecular weight is 353 g/mol. The van der Waals surface area contributed by atoms with Crippen LogP contribution in [0.25, 0.3) is 12.2 Å². The summed E-state index contributed by atoms with van der Waals surface area (Å²) in [5.74, 6) is 0.271. The van der Waals surface area contributed by atoms with Crippen LogP contribution in [0.5, 0.6) is 5.75 Å². The van der Waals surface area contributed by atoms with E-state index in [0.717, 1.165) is 22.3 Å². The van der Waals surface area contributed by atoms with Gasteiger partial charge in [0.15, 0.2) is 0 Å². The second kappa shape index (κ2) is 6.94. The van der Waals surface area contributed by atoms with Gasteiger partial charge < -0.3 is 5.11 Å². The third-order valence-corrected chi connectivity index (χ3v) is 4.33. The van der Waals surface area contributed by atoms with Gasteiger partial charge in [0.05, 0.1) is 4.92 Å². The molecule has 0 atom stereocenters. The van der Waals surface area contributed by atoms with E-state index < -0.39 is 4.92 Å². The predicted octanol–water partition coefficient (Wildman–Crippen LogP) is 6.07. The summed E-state index contributed by atoms with van der Waals surface area (Å²) in [7, 11) is 0. The van der Waals surface area contributed by atoms with Gasteiger partial charge in [-0.05, 0) is 57.3 Å². The number of hydrogen-bond donors (Lipinski definition) is 1. The van der Waals surface area contributed by atoms with E-state index in [2.05, 4.69) is 41.5 Å². The molecule has 0 saturated heterocycles. The number of rotatable bonds is 3. The van der Waals surface area contributed by atoms with Crippen molar-refractivity contribution < 1.29 is 10.0 Å². The maximum atomic E-state index is 10.8. The zero-order valence-electron chi connectivity index (χ0n) is 16.3. The van der Waals surface area contributed by atoms with Gasteiger partial charge in [-0.15, -0.1) is 0 Å². The third-order valence-electron chi connectivity index (χ3n) is 4.33. The van der Waals surface area contributed by atoms with Crippen molar-refractivity contribution in [2.75, 3.05) is 0 Å². The normalized spacial score (nSPS) is 12.5. The molecule has 4 heteroatoms. The smallest absolute Gasteiger partial charge is 0.269 e. The van der Waals surface area contributed by atoms with Crippen molar-refractivity contribution in [3.63, 3.8) is 0 Å². The van der Waals surface area contributed by atoms with E-state index in [4.69, 9.17) is 0 Å². The molecule has 26 heavy (non-hydrogen) atoms. The van der Waals surface area contributed by atoms with Crippen molar-refractivity contribution in [1.82, 2.24) is 0 Å². The highest BCUT2D eigenvalue weighted by Crippen LogP contribution is 2.38. The maximum absolute atomic E-state index is 10.8. The van der Waals surface area contributed by atoms with Crippen molar-refractivity contribution in [3.8, 4) is 5.75 Å². The van der Waals surface area contributed by atoms with Gasteiger partial charge in [0.2, 0.25) is 0 Å². The molecule has 0 heterocycles. The van der Waals surface area contributed by atoms with Gasteiger partial charge >= 0.3 is 0 Å². The van der Waals surface area contributed by atoms with Crippen LogP contribution in [0.15, 0.2) is 36.4 Å². The SMILES string of the molecule is CC(C)(C)c1cc(O)cc(C(C)(C)C)c1C=Cc1ccc([N+](=O)[O-])cc1. The van der Waals surface area contributed by atoms with Crippen LogP contribution in [0, 0.1) is 10.1 Å². The summed E-state index contributed by atoms with van der Waals surface area (Å²) in [5.41, 5.74) is 3.94. The first kappa shape index (κ1) is 19.7. The van der Waals surface area contributed by atoms with Crippen molar-refractivity contribution in [3.05, 3.63) is 68.8 Å². The average Bonchev–Trinajstić information content (AvgIpc) is 2.51. The lowest BCUT2D eigenvalue weighted by Gasteiger charge is -2.29. The molecule has 4 nitrogen and oxygen atoms in total. The Hall–Kier alpha value is -2.62. The Morgan fingerprint density at radius 1 is 0.885 bits per heavy atom. The number of benzene rings is 2. The van der Waals surface area contributed by atoms with Gasteiger partial charge in [-0.3, -0.25) is 10.1 Å².